The largest absolute Gasteiger partial charge is 0.329 e. The molecule has 2 heteroatoms. The zero-order valence-electron chi connectivity index (χ0n) is 12.8. The lowest BCUT2D eigenvalue weighted by atomic mass is 9.84. The first kappa shape index (κ1) is 16.0. The first-order valence-corrected chi connectivity index (χ1v) is 8.15. The number of likely N-dealkylation sites (N-methyl/N-ethyl adjacent to an activating group) is 1. The second kappa shape index (κ2) is 8.92. The van der Waals surface area contributed by atoms with Crippen LogP contribution in [0.5, 0.6) is 0 Å². The van der Waals surface area contributed by atoms with Gasteiger partial charge in [0.2, 0.25) is 0 Å². The predicted molar refractivity (Wildman–Crippen MR) is 80.7 cm³/mol. The summed E-state index contributed by atoms with van der Waals surface area (Å²) in [4.78, 5) is 2.63. The third-order valence-corrected chi connectivity index (χ3v) is 4.77. The lowest BCUT2D eigenvalue weighted by Gasteiger charge is -2.35. The summed E-state index contributed by atoms with van der Waals surface area (Å²) in [6.45, 7) is 10.1. The summed E-state index contributed by atoms with van der Waals surface area (Å²) in [5, 5.41) is 0. The molecule has 0 aliphatic heterocycles. The van der Waals surface area contributed by atoms with Crippen LogP contribution in [-0.2, 0) is 0 Å². The summed E-state index contributed by atoms with van der Waals surface area (Å²) < 4.78 is 0. The minimum atomic E-state index is 0.618. The van der Waals surface area contributed by atoms with Gasteiger partial charge in [-0.25, -0.2) is 0 Å². The molecule has 0 amide bonds. The smallest absolute Gasteiger partial charge is 0.0221 e. The van der Waals surface area contributed by atoms with E-state index in [4.69, 9.17) is 5.73 Å². The van der Waals surface area contributed by atoms with Crippen LogP contribution in [0.15, 0.2) is 0 Å². The highest BCUT2D eigenvalue weighted by Crippen LogP contribution is 2.28. The Kier molecular flexibility index (Phi) is 7.92. The summed E-state index contributed by atoms with van der Waals surface area (Å²) in [7, 11) is 0. The number of nitrogens with zero attached hydrogens (tertiary/aromatic N) is 1. The molecular weight excluding hydrogens is 220 g/mol. The molecule has 2 N–H and O–H groups in total. The van der Waals surface area contributed by atoms with Gasteiger partial charge in [0.15, 0.2) is 0 Å². The van der Waals surface area contributed by atoms with Gasteiger partial charge in [-0.05, 0) is 24.8 Å². The van der Waals surface area contributed by atoms with Crippen LogP contribution in [0.1, 0.15) is 65.7 Å². The van der Waals surface area contributed by atoms with Crippen LogP contribution in [0.4, 0.5) is 0 Å². The highest BCUT2D eigenvalue weighted by atomic mass is 15.2. The van der Waals surface area contributed by atoms with Crippen molar-refractivity contribution in [2.24, 2.45) is 17.6 Å². The molecule has 0 saturated heterocycles. The molecule has 0 aromatic heterocycles. The molecule has 2 atom stereocenters. The normalized spacial score (nSPS) is 21.2. The van der Waals surface area contributed by atoms with Crippen LogP contribution >= 0.6 is 0 Å². The van der Waals surface area contributed by atoms with Gasteiger partial charge >= 0.3 is 0 Å². The SMILES string of the molecule is CCC(C)CN(CC)C(CN)CC1CCCCC1. The Balaban J connectivity index is 2.44. The lowest BCUT2D eigenvalue weighted by Crippen LogP contribution is -2.44. The van der Waals surface area contributed by atoms with E-state index in [9.17, 15) is 0 Å². The van der Waals surface area contributed by atoms with E-state index in [0.717, 1.165) is 24.9 Å². The van der Waals surface area contributed by atoms with Gasteiger partial charge in [-0.15, -0.1) is 0 Å². The third kappa shape index (κ3) is 5.27. The van der Waals surface area contributed by atoms with Crippen molar-refractivity contribution in [2.45, 2.75) is 71.8 Å². The van der Waals surface area contributed by atoms with Crippen LogP contribution in [0.25, 0.3) is 0 Å². The van der Waals surface area contributed by atoms with Crippen molar-refractivity contribution in [3.8, 4) is 0 Å². The van der Waals surface area contributed by atoms with E-state index in [0.29, 0.717) is 6.04 Å². The molecule has 0 aromatic rings. The minimum absolute atomic E-state index is 0.618. The molecule has 18 heavy (non-hydrogen) atoms. The molecular formula is C16H34N2. The van der Waals surface area contributed by atoms with E-state index in [1.807, 2.05) is 0 Å². The van der Waals surface area contributed by atoms with Gasteiger partial charge in [0.25, 0.3) is 0 Å². The van der Waals surface area contributed by atoms with E-state index < -0.39 is 0 Å². The van der Waals surface area contributed by atoms with Gasteiger partial charge in [-0.2, -0.15) is 0 Å². The Bertz CT molecular complexity index is 199. The van der Waals surface area contributed by atoms with Crippen LogP contribution in [-0.4, -0.2) is 30.6 Å². The number of hydrogen-bond acceptors (Lipinski definition) is 2. The second-order valence-electron chi connectivity index (χ2n) is 6.23. The number of nitrogens with two attached hydrogens (primary N) is 1. The molecule has 1 rings (SSSR count). The van der Waals surface area contributed by atoms with Crippen molar-refractivity contribution >= 4 is 0 Å². The summed E-state index contributed by atoms with van der Waals surface area (Å²) in [6.07, 6.45) is 9.83. The lowest BCUT2D eigenvalue weighted by molar-refractivity contribution is 0.147. The minimum Gasteiger partial charge on any atom is -0.329 e. The summed E-state index contributed by atoms with van der Waals surface area (Å²) in [5.41, 5.74) is 6.04. The molecule has 0 spiro atoms. The van der Waals surface area contributed by atoms with Gasteiger partial charge in [0.05, 0.1) is 0 Å². The van der Waals surface area contributed by atoms with E-state index in [1.165, 1.54) is 51.5 Å². The van der Waals surface area contributed by atoms with Crippen molar-refractivity contribution in [3.63, 3.8) is 0 Å². The van der Waals surface area contributed by atoms with Crippen molar-refractivity contribution in [1.29, 1.82) is 0 Å². The molecule has 1 fully saturated rings. The van der Waals surface area contributed by atoms with Crippen LogP contribution in [0.3, 0.4) is 0 Å². The molecule has 1 aliphatic rings. The molecule has 0 heterocycles. The standard InChI is InChI=1S/C16H34N2/c1-4-14(3)13-18(5-2)16(12-17)11-15-9-7-6-8-10-15/h14-16H,4-13,17H2,1-3H3. The van der Waals surface area contributed by atoms with Crippen molar-refractivity contribution in [3.05, 3.63) is 0 Å². The van der Waals surface area contributed by atoms with Crippen molar-refractivity contribution < 1.29 is 0 Å². The Morgan fingerprint density at radius 3 is 2.33 bits per heavy atom. The Morgan fingerprint density at radius 1 is 1.17 bits per heavy atom. The van der Waals surface area contributed by atoms with E-state index in [1.54, 1.807) is 0 Å². The molecule has 2 nitrogen and oxygen atoms in total. The molecule has 0 radical (unpaired) electrons. The number of hydrogen-bond donors (Lipinski definition) is 1. The Labute approximate surface area is 114 Å². The van der Waals surface area contributed by atoms with Crippen LogP contribution < -0.4 is 5.73 Å². The van der Waals surface area contributed by atoms with Gasteiger partial charge in [0.1, 0.15) is 0 Å². The molecule has 108 valence electrons. The second-order valence-corrected chi connectivity index (χ2v) is 6.23. The number of rotatable bonds is 8. The van der Waals surface area contributed by atoms with Gasteiger partial charge < -0.3 is 5.73 Å². The molecule has 1 aliphatic carbocycles. The average molecular weight is 254 g/mol. The highest BCUT2D eigenvalue weighted by molar-refractivity contribution is 4.78. The zero-order chi connectivity index (χ0) is 13.4. The quantitative estimate of drug-likeness (QED) is 0.716. The van der Waals surface area contributed by atoms with E-state index >= 15 is 0 Å². The maximum Gasteiger partial charge on any atom is 0.0221 e. The van der Waals surface area contributed by atoms with Crippen molar-refractivity contribution in [2.75, 3.05) is 19.6 Å². The maximum absolute atomic E-state index is 6.04. The zero-order valence-corrected chi connectivity index (χ0v) is 12.8. The third-order valence-electron chi connectivity index (χ3n) is 4.77. The fraction of sp³-hybridized carbons (Fsp3) is 1.00. The van der Waals surface area contributed by atoms with Gasteiger partial charge in [-0.1, -0.05) is 59.3 Å². The Hall–Kier alpha value is -0.0800. The maximum atomic E-state index is 6.04. The summed E-state index contributed by atoms with van der Waals surface area (Å²) in [6, 6.07) is 0.618. The van der Waals surface area contributed by atoms with Gasteiger partial charge in [-0.3, -0.25) is 4.90 Å². The topological polar surface area (TPSA) is 29.3 Å². The first-order chi connectivity index (χ1) is 8.71. The molecule has 0 aromatic carbocycles. The van der Waals surface area contributed by atoms with Crippen molar-refractivity contribution in [1.82, 2.24) is 4.90 Å². The monoisotopic (exact) mass is 254 g/mol. The predicted octanol–water partition coefficient (Wildman–Crippen LogP) is 3.65. The molecule has 1 saturated carbocycles. The van der Waals surface area contributed by atoms with Crippen LogP contribution in [0.2, 0.25) is 0 Å². The fourth-order valence-corrected chi connectivity index (χ4v) is 3.27. The summed E-state index contributed by atoms with van der Waals surface area (Å²) >= 11 is 0. The average Bonchev–Trinajstić information content (AvgIpc) is 2.43. The van der Waals surface area contributed by atoms with Gasteiger partial charge in [0, 0.05) is 19.1 Å². The molecule has 2 unspecified atom stereocenters. The summed E-state index contributed by atoms with van der Waals surface area (Å²) in [5.74, 6) is 1.74. The highest BCUT2D eigenvalue weighted by Gasteiger charge is 2.22. The molecule has 0 bridgehead atoms. The first-order valence-electron chi connectivity index (χ1n) is 8.15. The van der Waals surface area contributed by atoms with Crippen LogP contribution in [0, 0.1) is 11.8 Å². The van der Waals surface area contributed by atoms with E-state index in [-0.39, 0.29) is 0 Å². The fourth-order valence-electron chi connectivity index (χ4n) is 3.27. The Morgan fingerprint density at radius 2 is 1.83 bits per heavy atom. The van der Waals surface area contributed by atoms with E-state index in [2.05, 4.69) is 25.7 Å².